The highest BCUT2D eigenvalue weighted by atomic mass is 31.2. The minimum absolute atomic E-state index is 0.809. The first-order valence-corrected chi connectivity index (χ1v) is 20.7. The summed E-state index contributed by atoms with van der Waals surface area (Å²) in [7, 11) is -3.09. The number of pyridine rings is 2. The fraction of sp³-hybridized carbons (Fsp3) is 0.0385. The molecule has 0 spiro atoms. The molecule has 0 atom stereocenters. The highest BCUT2D eigenvalue weighted by Crippen LogP contribution is 2.46. The largest absolute Gasteiger partial charge is 0.309 e. The van der Waals surface area contributed by atoms with Crippen LogP contribution in [0.1, 0.15) is 11.1 Å². The summed E-state index contributed by atoms with van der Waals surface area (Å²) in [6, 6.07) is 64.2. The van der Waals surface area contributed by atoms with Gasteiger partial charge in [-0.25, -0.2) is 9.97 Å². The topological polar surface area (TPSA) is 42.9 Å². The molecule has 10 aromatic rings. The first-order valence-electron chi connectivity index (χ1n) is 19.0. The third kappa shape index (κ3) is 5.39. The van der Waals surface area contributed by atoms with Crippen LogP contribution in [0.15, 0.2) is 188 Å². The second-order valence-corrected chi connectivity index (χ2v) is 17.2. The normalized spacial score (nSPS) is 11.8. The van der Waals surface area contributed by atoms with Crippen LogP contribution in [0.5, 0.6) is 0 Å². The molecule has 2 aromatic heterocycles. The summed E-state index contributed by atoms with van der Waals surface area (Å²) < 4.78 is 15.1. The van der Waals surface area contributed by atoms with E-state index in [0.717, 1.165) is 71.4 Å². The highest BCUT2D eigenvalue weighted by molar-refractivity contribution is 7.85. The van der Waals surface area contributed by atoms with E-state index in [1.54, 1.807) is 0 Å². The highest BCUT2D eigenvalue weighted by Gasteiger charge is 2.29. The lowest BCUT2D eigenvalue weighted by Crippen LogP contribution is -2.24. The minimum Gasteiger partial charge on any atom is -0.309 e. The maximum absolute atomic E-state index is 15.1. The molecule has 10 rings (SSSR count). The van der Waals surface area contributed by atoms with Gasteiger partial charge in [0.25, 0.3) is 0 Å². The quantitative estimate of drug-likeness (QED) is 0.0970. The van der Waals surface area contributed by atoms with Gasteiger partial charge in [-0.05, 0) is 59.0 Å². The fourth-order valence-electron chi connectivity index (χ4n) is 8.61. The zero-order chi connectivity index (χ0) is 37.8. The van der Waals surface area contributed by atoms with Gasteiger partial charge in [0.05, 0.1) is 22.4 Å². The van der Waals surface area contributed by atoms with E-state index in [9.17, 15) is 0 Å². The summed E-state index contributed by atoms with van der Waals surface area (Å²) in [5.41, 5.74) is 10.5. The average molecular weight is 737 g/mol. The van der Waals surface area contributed by atoms with Crippen LogP contribution in [0.2, 0.25) is 0 Å². The van der Waals surface area contributed by atoms with Crippen molar-refractivity contribution in [1.82, 2.24) is 9.97 Å². The van der Waals surface area contributed by atoms with E-state index in [1.165, 1.54) is 32.7 Å². The fourth-order valence-corrected chi connectivity index (χ4v) is 11.3. The predicted molar refractivity (Wildman–Crippen MR) is 237 cm³/mol. The molecule has 0 aliphatic rings. The predicted octanol–water partition coefficient (Wildman–Crippen LogP) is 12.3. The van der Waals surface area contributed by atoms with Crippen molar-refractivity contribution in [2.75, 3.05) is 0 Å². The van der Waals surface area contributed by atoms with Crippen molar-refractivity contribution in [2.24, 2.45) is 0 Å². The van der Waals surface area contributed by atoms with E-state index in [-0.39, 0.29) is 0 Å². The number of rotatable bonds is 6. The first kappa shape index (κ1) is 33.9. The van der Waals surface area contributed by atoms with Gasteiger partial charge in [-0.1, -0.05) is 176 Å². The molecular weight excluding hydrogens is 700 g/mol. The molecule has 0 aliphatic heterocycles. The number of fused-ring (bicyclic) bond motifs is 6. The summed E-state index contributed by atoms with van der Waals surface area (Å²) in [6.07, 6.45) is 0. The van der Waals surface area contributed by atoms with Crippen molar-refractivity contribution in [3.8, 4) is 33.6 Å². The molecule has 2 heterocycles. The first-order chi connectivity index (χ1) is 27.5. The van der Waals surface area contributed by atoms with Crippen molar-refractivity contribution in [2.45, 2.75) is 13.8 Å². The van der Waals surface area contributed by atoms with Gasteiger partial charge in [0.1, 0.15) is 0 Å². The van der Waals surface area contributed by atoms with Crippen LogP contribution < -0.4 is 15.9 Å². The third-order valence-electron chi connectivity index (χ3n) is 11.3. The lowest BCUT2D eigenvalue weighted by Gasteiger charge is -2.21. The number of hydrogen-bond acceptors (Lipinski definition) is 3. The Hall–Kier alpha value is -6.67. The van der Waals surface area contributed by atoms with E-state index in [2.05, 4.69) is 129 Å². The zero-order valence-corrected chi connectivity index (χ0v) is 32.0. The molecule has 0 radical (unpaired) electrons. The number of nitrogens with zero attached hydrogens (tertiary/aromatic N) is 2. The number of para-hydroxylation sites is 1. The average Bonchev–Trinajstić information content (AvgIpc) is 3.27. The molecule has 0 fully saturated rings. The van der Waals surface area contributed by atoms with Gasteiger partial charge in [-0.2, -0.15) is 0 Å². The van der Waals surface area contributed by atoms with Crippen molar-refractivity contribution in [1.29, 1.82) is 0 Å². The van der Waals surface area contributed by atoms with E-state index < -0.39 is 7.14 Å². The molecule has 0 aliphatic carbocycles. The zero-order valence-electron chi connectivity index (χ0n) is 31.1. The summed E-state index contributed by atoms with van der Waals surface area (Å²) in [4.78, 5) is 10.8. The minimum atomic E-state index is -3.09. The molecule has 266 valence electrons. The Kier molecular flexibility index (Phi) is 8.20. The van der Waals surface area contributed by atoms with Crippen LogP contribution >= 0.6 is 7.14 Å². The molecule has 0 amide bonds. The van der Waals surface area contributed by atoms with Crippen molar-refractivity contribution >= 4 is 66.4 Å². The monoisotopic (exact) mass is 736 g/mol. The Bertz CT molecular complexity index is 3100. The number of hydrogen-bond donors (Lipinski definition) is 0. The van der Waals surface area contributed by atoms with Crippen LogP contribution in [-0.2, 0) is 4.57 Å². The molecule has 0 N–H and O–H groups in total. The van der Waals surface area contributed by atoms with Crippen LogP contribution in [0.25, 0.3) is 77.0 Å². The lowest BCUT2D eigenvalue weighted by atomic mass is 9.85. The van der Waals surface area contributed by atoms with E-state index in [0.29, 0.717) is 0 Å². The van der Waals surface area contributed by atoms with Crippen LogP contribution in [-0.4, -0.2) is 9.97 Å². The summed E-state index contributed by atoms with van der Waals surface area (Å²) >= 11 is 0. The number of aromatic nitrogens is 2. The molecular formula is C52H37N2OP. The summed E-state index contributed by atoms with van der Waals surface area (Å²) in [6.45, 7) is 4.51. The van der Waals surface area contributed by atoms with Gasteiger partial charge in [0.2, 0.25) is 0 Å². The van der Waals surface area contributed by atoms with Crippen molar-refractivity contribution in [3.63, 3.8) is 0 Å². The van der Waals surface area contributed by atoms with Crippen LogP contribution in [0.4, 0.5) is 0 Å². The number of benzene rings is 8. The van der Waals surface area contributed by atoms with Crippen LogP contribution in [0.3, 0.4) is 0 Å². The molecule has 0 bridgehead atoms. The Morgan fingerprint density at radius 3 is 1.30 bits per heavy atom. The van der Waals surface area contributed by atoms with Gasteiger partial charge in [-0.15, -0.1) is 0 Å². The maximum Gasteiger partial charge on any atom is 0.171 e. The van der Waals surface area contributed by atoms with E-state index in [1.807, 2.05) is 72.8 Å². The van der Waals surface area contributed by atoms with Crippen molar-refractivity contribution < 1.29 is 4.57 Å². The molecule has 8 aromatic carbocycles. The van der Waals surface area contributed by atoms with Gasteiger partial charge in [0, 0.05) is 48.6 Å². The van der Waals surface area contributed by atoms with Crippen LogP contribution in [0, 0.1) is 13.8 Å². The molecule has 56 heavy (non-hydrogen) atoms. The molecule has 0 saturated heterocycles. The maximum atomic E-state index is 15.1. The van der Waals surface area contributed by atoms with E-state index >= 15 is 4.57 Å². The Morgan fingerprint density at radius 2 is 0.768 bits per heavy atom. The van der Waals surface area contributed by atoms with Gasteiger partial charge in [0.15, 0.2) is 7.14 Å². The molecule has 0 saturated carbocycles. The lowest BCUT2D eigenvalue weighted by molar-refractivity contribution is 0.592. The molecule has 3 nitrogen and oxygen atoms in total. The second kappa shape index (κ2) is 13.6. The Morgan fingerprint density at radius 1 is 0.357 bits per heavy atom. The van der Waals surface area contributed by atoms with Crippen molar-refractivity contribution in [3.05, 3.63) is 199 Å². The summed E-state index contributed by atoms with van der Waals surface area (Å²) in [5, 5.41) is 9.46. The van der Waals surface area contributed by atoms with Gasteiger partial charge in [-0.3, -0.25) is 0 Å². The second-order valence-electron chi connectivity index (χ2n) is 14.5. The number of aryl methyl sites for hydroxylation is 2. The Balaban J connectivity index is 1.22. The van der Waals surface area contributed by atoms with Gasteiger partial charge >= 0.3 is 0 Å². The third-order valence-corrected chi connectivity index (χ3v) is 14.4. The molecule has 4 heteroatoms. The SMILES string of the molecule is Cc1c2c(-c3ccccc3)nc3cc(-c4ccc(P(=O)(c5ccccc5)c5ccccc5)cc4)ccc3c2c(C)c2c(-c3ccccc3)nc3ccccc3c12. The smallest absolute Gasteiger partial charge is 0.171 e. The van der Waals surface area contributed by atoms with E-state index in [4.69, 9.17) is 9.97 Å². The standard InChI is InChI=1S/C52H37N2OP/c1-34-47-43-25-15-16-26-45(43)53-51(37-17-7-3-8-18-37)49(47)35(2)48-44-32-29-39(33-46(44)54-52(50(34)48)38-19-9-4-10-20-38)36-27-30-42(31-28-36)56(55,40-21-11-5-12-22-40)41-23-13-6-14-24-41/h3-33H,1-2H3. The van der Waals surface area contributed by atoms with Gasteiger partial charge < -0.3 is 4.57 Å². The Labute approximate surface area is 326 Å². The summed E-state index contributed by atoms with van der Waals surface area (Å²) in [5.74, 6) is 0. The molecule has 0 unspecified atom stereocenters.